The van der Waals surface area contributed by atoms with Crippen LogP contribution in [0.5, 0.6) is 5.75 Å². The number of carbonyl (C=O) groups excluding carboxylic acids is 1. The molecule has 1 aromatic rings. The van der Waals surface area contributed by atoms with E-state index >= 15 is 0 Å². The monoisotopic (exact) mass is 326 g/mol. The number of aldehydes is 1. The van der Waals surface area contributed by atoms with Crippen molar-refractivity contribution in [2.75, 3.05) is 6.61 Å². The third-order valence-electron chi connectivity index (χ3n) is 3.36. The molecule has 104 valence electrons. The fraction of sp³-hybridized carbons (Fsp3) is 0.533. The van der Waals surface area contributed by atoms with Gasteiger partial charge in [0, 0.05) is 4.47 Å². The van der Waals surface area contributed by atoms with E-state index in [-0.39, 0.29) is 11.7 Å². The highest BCUT2D eigenvalue weighted by atomic mass is 79.9. The minimum atomic E-state index is -0.0592. The summed E-state index contributed by atoms with van der Waals surface area (Å²) < 4.78 is 12.6. The Kier molecular flexibility index (Phi) is 4.31. The zero-order valence-electron chi connectivity index (χ0n) is 11.5. The molecule has 2 rings (SSSR count). The molecule has 0 bridgehead atoms. The summed E-state index contributed by atoms with van der Waals surface area (Å²) in [7, 11) is 0. The molecular weight excluding hydrogens is 308 g/mol. The first-order chi connectivity index (χ1) is 8.91. The molecule has 1 fully saturated rings. The normalized spacial score (nSPS) is 21.4. The fourth-order valence-corrected chi connectivity index (χ4v) is 3.00. The third-order valence-corrected chi connectivity index (χ3v) is 3.82. The number of ether oxygens (including phenoxy) is 2. The second kappa shape index (κ2) is 5.63. The van der Waals surface area contributed by atoms with Gasteiger partial charge in [-0.1, -0.05) is 15.9 Å². The highest BCUT2D eigenvalue weighted by molar-refractivity contribution is 9.10. The van der Waals surface area contributed by atoms with Gasteiger partial charge < -0.3 is 9.47 Å². The molecule has 1 heterocycles. The Balaban J connectivity index is 2.06. The first-order valence-corrected chi connectivity index (χ1v) is 7.26. The van der Waals surface area contributed by atoms with Crippen molar-refractivity contribution < 1.29 is 14.3 Å². The van der Waals surface area contributed by atoms with Crippen molar-refractivity contribution in [2.24, 2.45) is 0 Å². The number of hydrogen-bond donors (Lipinski definition) is 0. The van der Waals surface area contributed by atoms with E-state index in [0.717, 1.165) is 29.2 Å². The van der Waals surface area contributed by atoms with E-state index in [2.05, 4.69) is 29.8 Å². The second-order valence-corrected chi connectivity index (χ2v) is 6.52. The Bertz CT molecular complexity index is 483. The van der Waals surface area contributed by atoms with Crippen LogP contribution in [0.15, 0.2) is 16.6 Å². The summed E-state index contributed by atoms with van der Waals surface area (Å²) >= 11 is 3.38. The lowest BCUT2D eigenvalue weighted by Crippen LogP contribution is -2.24. The van der Waals surface area contributed by atoms with Gasteiger partial charge in [0.2, 0.25) is 0 Å². The molecule has 1 saturated heterocycles. The number of carbonyl (C=O) groups is 1. The summed E-state index contributed by atoms with van der Waals surface area (Å²) in [6.45, 7) is 6.61. The highest BCUT2D eigenvalue weighted by Gasteiger charge is 2.32. The standard InChI is InChI=1S/C15H19BrO3/c1-10-6-12(16)7-11(8-17)14(10)18-9-13-4-5-15(2,3)19-13/h6-8,13H,4-5,9H2,1-3H3. The summed E-state index contributed by atoms with van der Waals surface area (Å²) in [5.74, 6) is 0.659. The summed E-state index contributed by atoms with van der Waals surface area (Å²) in [4.78, 5) is 11.1. The van der Waals surface area contributed by atoms with Crippen LogP contribution in [0.2, 0.25) is 0 Å². The molecule has 1 aliphatic heterocycles. The second-order valence-electron chi connectivity index (χ2n) is 5.61. The Hall–Kier alpha value is -0.870. The van der Waals surface area contributed by atoms with Crippen molar-refractivity contribution in [1.29, 1.82) is 0 Å². The molecule has 0 aromatic heterocycles. The maximum absolute atomic E-state index is 11.1. The largest absolute Gasteiger partial charge is 0.490 e. The highest BCUT2D eigenvalue weighted by Crippen LogP contribution is 2.31. The molecule has 19 heavy (non-hydrogen) atoms. The molecule has 1 atom stereocenters. The molecule has 0 saturated carbocycles. The van der Waals surface area contributed by atoms with E-state index < -0.39 is 0 Å². The molecule has 1 aliphatic rings. The Morgan fingerprint density at radius 3 is 2.84 bits per heavy atom. The van der Waals surface area contributed by atoms with Crippen molar-refractivity contribution in [1.82, 2.24) is 0 Å². The third kappa shape index (κ3) is 3.57. The summed E-state index contributed by atoms with van der Waals surface area (Å²) in [6, 6.07) is 3.72. The molecule has 1 unspecified atom stereocenters. The van der Waals surface area contributed by atoms with E-state index in [1.165, 1.54) is 0 Å². The lowest BCUT2D eigenvalue weighted by atomic mass is 10.1. The molecule has 3 nitrogen and oxygen atoms in total. The van der Waals surface area contributed by atoms with Crippen molar-refractivity contribution in [2.45, 2.75) is 45.3 Å². The number of aryl methyl sites for hydroxylation is 1. The van der Waals surface area contributed by atoms with Crippen LogP contribution in [0.4, 0.5) is 0 Å². The summed E-state index contributed by atoms with van der Waals surface area (Å²) in [5, 5.41) is 0. The fourth-order valence-electron chi connectivity index (χ4n) is 2.41. The van der Waals surface area contributed by atoms with Crippen LogP contribution in [0.1, 0.15) is 42.6 Å². The van der Waals surface area contributed by atoms with E-state index in [1.54, 1.807) is 6.07 Å². The topological polar surface area (TPSA) is 35.5 Å². The van der Waals surface area contributed by atoms with Crippen LogP contribution >= 0.6 is 15.9 Å². The van der Waals surface area contributed by atoms with Crippen LogP contribution in [0.25, 0.3) is 0 Å². The van der Waals surface area contributed by atoms with Crippen LogP contribution in [0, 0.1) is 6.92 Å². The Morgan fingerprint density at radius 1 is 1.53 bits per heavy atom. The molecule has 0 N–H and O–H groups in total. The van der Waals surface area contributed by atoms with Gasteiger partial charge >= 0.3 is 0 Å². The van der Waals surface area contributed by atoms with Gasteiger partial charge in [-0.2, -0.15) is 0 Å². The molecule has 0 amide bonds. The minimum Gasteiger partial charge on any atom is -0.490 e. The van der Waals surface area contributed by atoms with Gasteiger partial charge in [-0.05, 0) is 51.3 Å². The lowest BCUT2D eigenvalue weighted by molar-refractivity contribution is -0.0327. The number of rotatable bonds is 4. The van der Waals surface area contributed by atoms with Gasteiger partial charge in [-0.3, -0.25) is 4.79 Å². The SMILES string of the molecule is Cc1cc(Br)cc(C=O)c1OCC1CCC(C)(C)O1. The van der Waals surface area contributed by atoms with Crippen molar-refractivity contribution in [3.63, 3.8) is 0 Å². The predicted molar refractivity (Wildman–Crippen MR) is 77.9 cm³/mol. The van der Waals surface area contributed by atoms with E-state index in [4.69, 9.17) is 9.47 Å². The average molecular weight is 327 g/mol. The predicted octanol–water partition coefficient (Wildman–Crippen LogP) is 3.91. The zero-order chi connectivity index (χ0) is 14.0. The zero-order valence-corrected chi connectivity index (χ0v) is 13.1. The van der Waals surface area contributed by atoms with Crippen LogP contribution < -0.4 is 4.74 Å². The van der Waals surface area contributed by atoms with E-state index in [1.807, 2.05) is 13.0 Å². The quantitative estimate of drug-likeness (QED) is 0.787. The summed E-state index contributed by atoms with van der Waals surface area (Å²) in [6.07, 6.45) is 2.98. The van der Waals surface area contributed by atoms with Crippen molar-refractivity contribution in [3.8, 4) is 5.75 Å². The van der Waals surface area contributed by atoms with Crippen molar-refractivity contribution in [3.05, 3.63) is 27.7 Å². The van der Waals surface area contributed by atoms with Crippen LogP contribution in [-0.2, 0) is 4.74 Å². The van der Waals surface area contributed by atoms with Crippen LogP contribution in [-0.4, -0.2) is 24.6 Å². The number of benzene rings is 1. The molecule has 0 spiro atoms. The molecule has 4 heteroatoms. The summed E-state index contributed by atoms with van der Waals surface area (Å²) in [5.41, 5.74) is 1.47. The van der Waals surface area contributed by atoms with Crippen LogP contribution in [0.3, 0.4) is 0 Å². The van der Waals surface area contributed by atoms with Gasteiger partial charge in [0.25, 0.3) is 0 Å². The first-order valence-electron chi connectivity index (χ1n) is 6.47. The molecule has 1 aromatic carbocycles. The number of halogens is 1. The maximum atomic E-state index is 11.1. The Labute approximate surface area is 122 Å². The van der Waals surface area contributed by atoms with E-state index in [9.17, 15) is 4.79 Å². The molecule has 0 radical (unpaired) electrons. The lowest BCUT2D eigenvalue weighted by Gasteiger charge is -2.20. The first kappa shape index (κ1) is 14.5. The molecular formula is C15H19BrO3. The minimum absolute atomic E-state index is 0.0592. The molecule has 0 aliphatic carbocycles. The van der Waals surface area contributed by atoms with Gasteiger partial charge in [-0.25, -0.2) is 0 Å². The van der Waals surface area contributed by atoms with Crippen molar-refractivity contribution >= 4 is 22.2 Å². The Morgan fingerprint density at radius 2 is 2.26 bits per heavy atom. The average Bonchev–Trinajstić information content (AvgIpc) is 2.67. The maximum Gasteiger partial charge on any atom is 0.153 e. The van der Waals surface area contributed by atoms with Gasteiger partial charge in [0.05, 0.1) is 17.3 Å². The van der Waals surface area contributed by atoms with E-state index in [0.29, 0.717) is 17.9 Å². The number of hydrogen-bond acceptors (Lipinski definition) is 3. The smallest absolute Gasteiger partial charge is 0.153 e. The van der Waals surface area contributed by atoms with Gasteiger partial charge in [-0.15, -0.1) is 0 Å². The van der Waals surface area contributed by atoms with Gasteiger partial charge in [0.1, 0.15) is 12.4 Å². The van der Waals surface area contributed by atoms with Gasteiger partial charge in [0.15, 0.2) is 6.29 Å².